The van der Waals surface area contributed by atoms with Crippen molar-refractivity contribution < 1.29 is 0 Å². The molecule has 0 heteroatoms. The van der Waals surface area contributed by atoms with Gasteiger partial charge in [0.1, 0.15) is 0 Å². The summed E-state index contributed by atoms with van der Waals surface area (Å²) in [5, 5.41) is 0. The van der Waals surface area contributed by atoms with Crippen LogP contribution in [0.3, 0.4) is 0 Å². The second-order valence-corrected chi connectivity index (χ2v) is 19.3. The Morgan fingerprint density at radius 3 is 2.32 bits per heavy atom. The Morgan fingerprint density at radius 2 is 1.50 bits per heavy atom. The lowest BCUT2D eigenvalue weighted by atomic mass is 9.59. The normalized spacial score (nSPS) is 31.6. The fourth-order valence-electron chi connectivity index (χ4n) is 13.6. The Bertz CT molecular complexity index is 2410. The van der Waals surface area contributed by atoms with Crippen molar-refractivity contribution in [1.29, 1.82) is 0 Å². The average molecular weight is 731 g/mol. The predicted molar refractivity (Wildman–Crippen MR) is 236 cm³/mol. The third-order valence-electron chi connectivity index (χ3n) is 16.1. The second-order valence-electron chi connectivity index (χ2n) is 19.3. The molecule has 0 amide bonds. The molecule has 0 bridgehead atoms. The van der Waals surface area contributed by atoms with Gasteiger partial charge in [0, 0.05) is 22.7 Å². The molecule has 0 saturated heterocycles. The van der Waals surface area contributed by atoms with E-state index in [1.54, 1.807) is 66.9 Å². The highest BCUT2D eigenvalue weighted by atomic mass is 14.6. The van der Waals surface area contributed by atoms with E-state index in [0.717, 1.165) is 44.9 Å². The molecule has 1 saturated carbocycles. The standard InChI is InChI=1S/C56H58/c1-36-32-39(38-16-6-5-7-17-38)27-31-47(36)55(4,40-28-30-45-41-18-8-12-22-48(41)54(2,3)52(45)34-40)35-37-26-29-46-44-21-11-15-25-51(44)56(53(46)33-37)49-23-13-9-19-42(49)43-20-10-14-24-50(43)56/h5-7,9,13-16,18-19,22-25,27-28,32-34,38,45,47H,8,10-12,17,20-21,26,29-31,35H2,1-4H3. The fraction of sp³-hybridized carbons (Fsp3) is 0.393. The van der Waals surface area contributed by atoms with Gasteiger partial charge < -0.3 is 0 Å². The van der Waals surface area contributed by atoms with E-state index in [4.69, 9.17) is 0 Å². The van der Waals surface area contributed by atoms with Crippen molar-refractivity contribution in [2.75, 3.05) is 0 Å². The maximum Gasteiger partial charge on any atom is 0.0715 e. The Balaban J connectivity index is 1.03. The zero-order chi connectivity index (χ0) is 37.8. The summed E-state index contributed by atoms with van der Waals surface area (Å²) in [6, 6.07) is 9.49. The number of allylic oxidation sites excluding steroid dienone is 28. The quantitative estimate of drug-likeness (QED) is 0.283. The number of benzene rings is 1. The number of hydrogen-bond acceptors (Lipinski definition) is 0. The lowest BCUT2D eigenvalue weighted by Crippen LogP contribution is -2.34. The number of fused-ring (bicyclic) bond motifs is 10. The largest absolute Gasteiger partial charge is 0.0839 e. The zero-order valence-electron chi connectivity index (χ0n) is 34.2. The van der Waals surface area contributed by atoms with Gasteiger partial charge in [-0.2, -0.15) is 0 Å². The Hall–Kier alpha value is -4.42. The average Bonchev–Trinajstić information content (AvgIpc) is 3.79. The van der Waals surface area contributed by atoms with Crippen LogP contribution < -0.4 is 0 Å². The van der Waals surface area contributed by atoms with Crippen molar-refractivity contribution in [3.63, 3.8) is 0 Å². The van der Waals surface area contributed by atoms with Crippen LogP contribution in [-0.4, -0.2) is 0 Å². The smallest absolute Gasteiger partial charge is 0.0715 e. The van der Waals surface area contributed by atoms with Gasteiger partial charge in [-0.1, -0.05) is 153 Å². The van der Waals surface area contributed by atoms with Crippen LogP contribution in [0, 0.1) is 28.6 Å². The molecule has 5 unspecified atom stereocenters. The molecule has 1 spiro atoms. The molecule has 0 aromatic heterocycles. The van der Waals surface area contributed by atoms with Crippen LogP contribution in [0.5, 0.6) is 0 Å². The van der Waals surface area contributed by atoms with E-state index in [1.165, 1.54) is 48.8 Å². The molecule has 10 aliphatic carbocycles. The molecule has 0 aliphatic heterocycles. The Morgan fingerprint density at radius 1 is 0.714 bits per heavy atom. The summed E-state index contributed by atoms with van der Waals surface area (Å²) >= 11 is 0. The Labute approximate surface area is 336 Å². The summed E-state index contributed by atoms with van der Waals surface area (Å²) in [5.74, 6) is 1.51. The van der Waals surface area contributed by atoms with Gasteiger partial charge in [-0.15, -0.1) is 0 Å². The maximum atomic E-state index is 2.78. The van der Waals surface area contributed by atoms with Crippen molar-refractivity contribution in [3.8, 4) is 0 Å². The van der Waals surface area contributed by atoms with Crippen LogP contribution in [0.25, 0.3) is 5.57 Å². The van der Waals surface area contributed by atoms with Crippen LogP contribution in [0.1, 0.15) is 116 Å². The molecule has 1 aromatic rings. The fourth-order valence-corrected chi connectivity index (χ4v) is 13.6. The van der Waals surface area contributed by atoms with Crippen molar-refractivity contribution in [2.24, 2.45) is 28.6 Å². The van der Waals surface area contributed by atoms with Crippen LogP contribution >= 0.6 is 0 Å². The lowest BCUT2D eigenvalue weighted by Gasteiger charge is -2.44. The predicted octanol–water partition coefficient (Wildman–Crippen LogP) is 14.7. The molecule has 11 rings (SSSR count). The van der Waals surface area contributed by atoms with E-state index < -0.39 is 0 Å². The van der Waals surface area contributed by atoms with Gasteiger partial charge in [0.05, 0.1) is 5.41 Å². The van der Waals surface area contributed by atoms with Gasteiger partial charge in [-0.05, 0) is 157 Å². The highest BCUT2D eigenvalue weighted by Gasteiger charge is 2.55. The zero-order valence-corrected chi connectivity index (χ0v) is 34.2. The summed E-state index contributed by atoms with van der Waals surface area (Å²) in [4.78, 5) is 0. The first kappa shape index (κ1) is 34.8. The van der Waals surface area contributed by atoms with E-state index in [-0.39, 0.29) is 16.2 Å². The van der Waals surface area contributed by atoms with E-state index in [0.29, 0.717) is 17.8 Å². The first-order valence-electron chi connectivity index (χ1n) is 22.2. The lowest BCUT2D eigenvalue weighted by molar-refractivity contribution is 0.268. The highest BCUT2D eigenvalue weighted by Crippen LogP contribution is 2.66. The summed E-state index contributed by atoms with van der Waals surface area (Å²) in [5.41, 5.74) is 23.9. The molecular formula is C56H58. The Kier molecular flexibility index (Phi) is 7.95. The molecular weight excluding hydrogens is 673 g/mol. The molecule has 56 heavy (non-hydrogen) atoms. The third kappa shape index (κ3) is 4.83. The SMILES string of the molecule is CC1=CC(C2C=CC=CC2)=CCC1C(C)(CC1=CC2=C(CC1)C1=C(C=CCC1)C21C2=C(CCC=C2)c2ccccc21)C1=CCC2C3=CCCC=C3C(C)(C)C2=C1. The molecule has 5 atom stereocenters. The van der Waals surface area contributed by atoms with Gasteiger partial charge in [0.25, 0.3) is 0 Å². The van der Waals surface area contributed by atoms with E-state index >= 15 is 0 Å². The molecule has 282 valence electrons. The van der Waals surface area contributed by atoms with Crippen LogP contribution in [-0.2, 0) is 5.41 Å². The van der Waals surface area contributed by atoms with E-state index in [2.05, 4.69) is 143 Å². The first-order chi connectivity index (χ1) is 27.3. The summed E-state index contributed by atoms with van der Waals surface area (Å²) in [6.45, 7) is 10.2. The molecule has 0 heterocycles. The third-order valence-corrected chi connectivity index (χ3v) is 16.1. The van der Waals surface area contributed by atoms with E-state index in [9.17, 15) is 0 Å². The summed E-state index contributed by atoms with van der Waals surface area (Å²) < 4.78 is 0. The van der Waals surface area contributed by atoms with Gasteiger partial charge in [0.15, 0.2) is 0 Å². The molecule has 0 nitrogen and oxygen atoms in total. The van der Waals surface area contributed by atoms with E-state index in [1.807, 2.05) is 0 Å². The van der Waals surface area contributed by atoms with Crippen LogP contribution in [0.15, 0.2) is 182 Å². The van der Waals surface area contributed by atoms with Gasteiger partial charge in [-0.25, -0.2) is 0 Å². The minimum Gasteiger partial charge on any atom is -0.0839 e. The number of hydrogen-bond donors (Lipinski definition) is 0. The highest BCUT2D eigenvalue weighted by molar-refractivity contribution is 5.91. The van der Waals surface area contributed by atoms with Crippen molar-refractivity contribution >= 4 is 5.57 Å². The monoisotopic (exact) mass is 730 g/mol. The maximum absolute atomic E-state index is 2.78. The molecule has 0 N–H and O–H groups in total. The summed E-state index contributed by atoms with van der Waals surface area (Å²) in [6.07, 6.45) is 51.7. The summed E-state index contributed by atoms with van der Waals surface area (Å²) in [7, 11) is 0. The molecule has 1 aromatic carbocycles. The minimum absolute atomic E-state index is 0.0130. The van der Waals surface area contributed by atoms with Gasteiger partial charge >= 0.3 is 0 Å². The topological polar surface area (TPSA) is 0 Å². The first-order valence-corrected chi connectivity index (χ1v) is 22.2. The number of rotatable bonds is 5. The van der Waals surface area contributed by atoms with Crippen LogP contribution in [0.4, 0.5) is 0 Å². The van der Waals surface area contributed by atoms with Crippen molar-refractivity contribution in [1.82, 2.24) is 0 Å². The molecule has 0 radical (unpaired) electrons. The van der Waals surface area contributed by atoms with Gasteiger partial charge in [-0.3, -0.25) is 0 Å². The van der Waals surface area contributed by atoms with Crippen molar-refractivity contribution in [2.45, 2.75) is 110 Å². The molecule has 1 fully saturated rings. The van der Waals surface area contributed by atoms with Gasteiger partial charge in [0.2, 0.25) is 0 Å². The second kappa shape index (κ2) is 12.8. The van der Waals surface area contributed by atoms with Crippen LogP contribution in [0.2, 0.25) is 0 Å². The minimum atomic E-state index is -0.169. The molecule has 10 aliphatic rings. The van der Waals surface area contributed by atoms with Crippen molar-refractivity contribution in [3.05, 3.63) is 193 Å².